The summed E-state index contributed by atoms with van der Waals surface area (Å²) in [6.07, 6.45) is 1.43. The van der Waals surface area contributed by atoms with Crippen molar-refractivity contribution in [2.24, 2.45) is 0 Å². The molecule has 0 saturated heterocycles. The van der Waals surface area contributed by atoms with E-state index < -0.39 is 15.7 Å². The lowest BCUT2D eigenvalue weighted by atomic mass is 10.3. The van der Waals surface area contributed by atoms with E-state index in [9.17, 15) is 18.3 Å². The van der Waals surface area contributed by atoms with Crippen LogP contribution in [0.4, 0.5) is 5.69 Å². The van der Waals surface area contributed by atoms with Gasteiger partial charge in [-0.2, -0.15) is 5.10 Å². The van der Waals surface area contributed by atoms with Gasteiger partial charge in [-0.05, 0) is 48.5 Å². The van der Waals surface area contributed by atoms with Gasteiger partial charge in [-0.3, -0.25) is 4.79 Å². The number of benzene rings is 2. The van der Waals surface area contributed by atoms with E-state index in [0.29, 0.717) is 10.8 Å². The second-order valence-corrected chi connectivity index (χ2v) is 8.69. The van der Waals surface area contributed by atoms with E-state index in [1.165, 1.54) is 42.1 Å². The molecule has 10 heteroatoms. The third kappa shape index (κ3) is 4.87. The molecule has 0 aliphatic heterocycles. The first-order valence-corrected chi connectivity index (χ1v) is 10.6. The van der Waals surface area contributed by atoms with Gasteiger partial charge in [0.2, 0.25) is 0 Å². The first kappa shape index (κ1) is 20.7. The molecule has 0 bridgehead atoms. The third-order valence-corrected chi connectivity index (χ3v) is 6.06. The first-order valence-electron chi connectivity index (χ1n) is 8.57. The molecule has 0 atom stereocenters. The standard InChI is InChI=1S/C19H18ClN3O5S/c1-2-29(26,27)15-7-8-18(24)16(11-15)22-19(25)17-9-10-21-23(17)12-28-14-5-3-13(20)4-6-14/h3-11,24H,2,12H2,1H3,(H,22,25). The lowest BCUT2D eigenvalue weighted by Gasteiger charge is -2.12. The Balaban J connectivity index is 1.76. The number of amides is 1. The molecule has 1 aromatic heterocycles. The van der Waals surface area contributed by atoms with Crippen LogP contribution in [0.15, 0.2) is 59.6 Å². The Morgan fingerprint density at radius 2 is 1.93 bits per heavy atom. The molecule has 29 heavy (non-hydrogen) atoms. The molecule has 0 radical (unpaired) electrons. The van der Waals surface area contributed by atoms with E-state index >= 15 is 0 Å². The Kier molecular flexibility index (Phi) is 6.09. The van der Waals surface area contributed by atoms with E-state index in [2.05, 4.69) is 10.4 Å². The quantitative estimate of drug-likeness (QED) is 0.551. The van der Waals surface area contributed by atoms with Crippen LogP contribution in [0.2, 0.25) is 5.02 Å². The van der Waals surface area contributed by atoms with Crippen molar-refractivity contribution in [3.63, 3.8) is 0 Å². The summed E-state index contributed by atoms with van der Waals surface area (Å²) in [6.45, 7) is 1.48. The molecule has 0 unspecified atom stereocenters. The fraction of sp³-hybridized carbons (Fsp3) is 0.158. The number of hydrogen-bond acceptors (Lipinski definition) is 6. The van der Waals surface area contributed by atoms with Gasteiger partial charge in [-0.25, -0.2) is 13.1 Å². The van der Waals surface area contributed by atoms with Crippen LogP contribution in [0.3, 0.4) is 0 Å². The molecule has 0 saturated carbocycles. The van der Waals surface area contributed by atoms with Gasteiger partial charge in [0, 0.05) is 11.2 Å². The summed E-state index contributed by atoms with van der Waals surface area (Å²) >= 11 is 5.83. The normalized spacial score (nSPS) is 11.2. The average Bonchev–Trinajstić information content (AvgIpc) is 3.18. The van der Waals surface area contributed by atoms with Gasteiger partial charge in [-0.15, -0.1) is 0 Å². The lowest BCUT2D eigenvalue weighted by Crippen LogP contribution is -2.20. The fourth-order valence-electron chi connectivity index (χ4n) is 2.46. The minimum absolute atomic E-state index is 0.00711. The zero-order chi connectivity index (χ0) is 21.0. The molecule has 2 N–H and O–H groups in total. The molecule has 1 heterocycles. The van der Waals surface area contributed by atoms with Crippen molar-refractivity contribution in [3.05, 3.63) is 65.4 Å². The molecule has 1 amide bonds. The van der Waals surface area contributed by atoms with Crippen molar-refractivity contribution in [2.45, 2.75) is 18.6 Å². The maximum Gasteiger partial charge on any atom is 0.274 e. The molecule has 2 aromatic carbocycles. The second-order valence-electron chi connectivity index (χ2n) is 5.98. The van der Waals surface area contributed by atoms with E-state index in [1.54, 1.807) is 24.3 Å². The number of ether oxygens (including phenoxy) is 1. The van der Waals surface area contributed by atoms with Crippen molar-refractivity contribution in [3.8, 4) is 11.5 Å². The number of halogens is 1. The summed E-state index contributed by atoms with van der Waals surface area (Å²) < 4.78 is 31.0. The summed E-state index contributed by atoms with van der Waals surface area (Å²) in [5.41, 5.74) is 0.151. The second kappa shape index (κ2) is 8.54. The number of carbonyl (C=O) groups excluding carboxylic acids is 1. The number of phenolic OH excluding ortho intramolecular Hbond substituents is 1. The van der Waals surface area contributed by atoms with Crippen LogP contribution in [-0.2, 0) is 16.6 Å². The highest BCUT2D eigenvalue weighted by atomic mass is 35.5. The molecule has 0 fully saturated rings. The molecular weight excluding hydrogens is 418 g/mol. The Hall–Kier alpha value is -3.04. The number of carbonyl (C=O) groups is 1. The minimum atomic E-state index is -3.49. The number of phenols is 1. The number of rotatable bonds is 7. The van der Waals surface area contributed by atoms with Crippen LogP contribution >= 0.6 is 11.6 Å². The van der Waals surface area contributed by atoms with Gasteiger partial charge in [0.25, 0.3) is 5.91 Å². The fourth-order valence-corrected chi connectivity index (χ4v) is 3.49. The Bertz CT molecular complexity index is 1130. The number of anilines is 1. The zero-order valence-corrected chi connectivity index (χ0v) is 16.9. The summed E-state index contributed by atoms with van der Waals surface area (Å²) in [5.74, 6) is -0.383. The predicted octanol–water partition coefficient (Wildman–Crippen LogP) is 3.32. The van der Waals surface area contributed by atoms with Gasteiger partial charge in [0.05, 0.1) is 16.3 Å². The summed E-state index contributed by atoms with van der Waals surface area (Å²) in [7, 11) is -3.49. The largest absolute Gasteiger partial charge is 0.506 e. The topological polar surface area (TPSA) is 111 Å². The van der Waals surface area contributed by atoms with Crippen molar-refractivity contribution >= 4 is 33.0 Å². The van der Waals surface area contributed by atoms with Crippen molar-refractivity contribution in [1.82, 2.24) is 9.78 Å². The van der Waals surface area contributed by atoms with Crippen LogP contribution < -0.4 is 10.1 Å². The minimum Gasteiger partial charge on any atom is -0.506 e. The van der Waals surface area contributed by atoms with E-state index in [1.807, 2.05) is 0 Å². The Labute approximate surface area is 172 Å². The lowest BCUT2D eigenvalue weighted by molar-refractivity contribution is 0.100. The van der Waals surface area contributed by atoms with Crippen LogP contribution in [0.25, 0.3) is 0 Å². The van der Waals surface area contributed by atoms with E-state index in [4.69, 9.17) is 16.3 Å². The zero-order valence-electron chi connectivity index (χ0n) is 15.4. The maximum atomic E-state index is 12.6. The molecule has 0 aliphatic rings. The molecular formula is C19H18ClN3O5S. The first-order chi connectivity index (χ1) is 13.8. The van der Waals surface area contributed by atoms with Gasteiger partial charge >= 0.3 is 0 Å². The highest BCUT2D eigenvalue weighted by Gasteiger charge is 2.18. The monoisotopic (exact) mass is 435 g/mol. The molecule has 3 rings (SSSR count). The summed E-state index contributed by atoms with van der Waals surface area (Å²) in [4.78, 5) is 12.6. The van der Waals surface area contributed by atoms with Crippen molar-refractivity contribution < 1.29 is 23.1 Å². The van der Waals surface area contributed by atoms with E-state index in [-0.39, 0.29) is 34.5 Å². The molecule has 0 aliphatic carbocycles. The average molecular weight is 436 g/mol. The summed E-state index contributed by atoms with van der Waals surface area (Å²) in [5, 5.41) is 17.1. The van der Waals surface area contributed by atoms with Crippen LogP contribution in [0, 0.1) is 0 Å². The van der Waals surface area contributed by atoms with E-state index in [0.717, 1.165) is 0 Å². The number of nitrogens with zero attached hydrogens (tertiary/aromatic N) is 2. The maximum absolute atomic E-state index is 12.6. The number of sulfone groups is 1. The van der Waals surface area contributed by atoms with Gasteiger partial charge < -0.3 is 15.2 Å². The van der Waals surface area contributed by atoms with Crippen molar-refractivity contribution in [2.75, 3.05) is 11.1 Å². The van der Waals surface area contributed by atoms with Crippen molar-refractivity contribution in [1.29, 1.82) is 0 Å². The number of aromatic nitrogens is 2. The molecule has 152 valence electrons. The predicted molar refractivity (Wildman–Crippen MR) is 108 cm³/mol. The Morgan fingerprint density at radius 3 is 2.62 bits per heavy atom. The third-order valence-electron chi connectivity index (χ3n) is 4.07. The Morgan fingerprint density at radius 1 is 1.21 bits per heavy atom. The number of hydrogen-bond donors (Lipinski definition) is 2. The van der Waals surface area contributed by atoms with Crippen LogP contribution in [0.5, 0.6) is 11.5 Å². The smallest absolute Gasteiger partial charge is 0.274 e. The molecule has 0 spiro atoms. The number of aromatic hydroxyl groups is 1. The van der Waals surface area contributed by atoms with Crippen LogP contribution in [0.1, 0.15) is 17.4 Å². The van der Waals surface area contributed by atoms with Crippen LogP contribution in [-0.4, -0.2) is 35.0 Å². The summed E-state index contributed by atoms with van der Waals surface area (Å²) in [6, 6.07) is 11.9. The highest BCUT2D eigenvalue weighted by molar-refractivity contribution is 7.91. The molecule has 3 aromatic rings. The van der Waals surface area contributed by atoms with Gasteiger partial charge in [0.15, 0.2) is 16.6 Å². The molecule has 8 nitrogen and oxygen atoms in total. The highest BCUT2D eigenvalue weighted by Crippen LogP contribution is 2.27. The SMILES string of the molecule is CCS(=O)(=O)c1ccc(O)c(NC(=O)c2ccnn2COc2ccc(Cl)cc2)c1. The van der Waals surface area contributed by atoms with Gasteiger partial charge in [0.1, 0.15) is 17.2 Å². The van der Waals surface area contributed by atoms with Gasteiger partial charge in [-0.1, -0.05) is 18.5 Å². The number of nitrogens with one attached hydrogen (secondary N) is 1.